The number of nitrogens with zero attached hydrogens (tertiary/aromatic N) is 3. The maximum Gasteiger partial charge on any atom is 0.460 e. The zero-order valence-electron chi connectivity index (χ0n) is 24.1. The van der Waals surface area contributed by atoms with Crippen molar-refractivity contribution in [2.24, 2.45) is 17.8 Å². The number of amides is 2. The molecule has 4 atom stereocenters. The second-order valence-corrected chi connectivity index (χ2v) is 13.4. The summed E-state index contributed by atoms with van der Waals surface area (Å²) in [6.45, 7) is 0.616. The van der Waals surface area contributed by atoms with Gasteiger partial charge in [-0.05, 0) is 67.3 Å². The number of hydrogen-bond donors (Lipinski definition) is 2. The number of hydrogen-bond acceptors (Lipinski definition) is 6. The van der Waals surface area contributed by atoms with Crippen LogP contribution in [0.3, 0.4) is 0 Å². The smallest absolute Gasteiger partial charge is 0.453 e. The van der Waals surface area contributed by atoms with E-state index in [1.807, 2.05) is 0 Å². The number of sulfonamides is 1. The van der Waals surface area contributed by atoms with Gasteiger partial charge in [0, 0.05) is 25.3 Å². The molecule has 3 aliphatic rings. The van der Waals surface area contributed by atoms with E-state index in [0.29, 0.717) is 24.9 Å². The number of nitrogens with one attached hydrogen (secondary N) is 2. The molecule has 3 saturated heterocycles. The van der Waals surface area contributed by atoms with Crippen LogP contribution in [0.5, 0.6) is 0 Å². The zero-order chi connectivity index (χ0) is 31.6. The number of alkyl halides is 3. The van der Waals surface area contributed by atoms with Gasteiger partial charge in [-0.25, -0.2) is 13.2 Å². The fraction of sp³-hybridized carbons (Fsp3) is 0.517. The first-order valence-electron chi connectivity index (χ1n) is 14.5. The van der Waals surface area contributed by atoms with Crippen LogP contribution in [0.25, 0.3) is 0 Å². The van der Waals surface area contributed by atoms with Crippen molar-refractivity contribution in [1.29, 1.82) is 0 Å². The Hall–Kier alpha value is -3.72. The molecular formula is C29H35F3N5O6S+. The molecule has 0 aromatic heterocycles. The van der Waals surface area contributed by atoms with Crippen LogP contribution in [0.15, 0.2) is 59.5 Å². The number of fused-ring (bicyclic) bond motifs is 1. The van der Waals surface area contributed by atoms with Crippen LogP contribution in [0.2, 0.25) is 0 Å². The first kappa shape index (κ1) is 31.7. The zero-order valence-corrected chi connectivity index (χ0v) is 24.9. The summed E-state index contributed by atoms with van der Waals surface area (Å²) in [7, 11) is -2.59. The summed E-state index contributed by atoms with van der Waals surface area (Å²) in [6, 6.07) is 11.2. The number of anilines is 1. The van der Waals surface area contributed by atoms with E-state index in [1.165, 1.54) is 35.7 Å². The predicted molar refractivity (Wildman–Crippen MR) is 152 cm³/mol. The highest BCUT2D eigenvalue weighted by atomic mass is 32.2. The van der Waals surface area contributed by atoms with E-state index in [1.54, 1.807) is 30.3 Å². The van der Waals surface area contributed by atoms with Crippen molar-refractivity contribution in [2.75, 3.05) is 32.1 Å². The number of carbonyl (C=O) groups is 2. The topological polar surface area (TPSA) is 128 Å². The van der Waals surface area contributed by atoms with Gasteiger partial charge in [0.05, 0.1) is 23.5 Å². The Morgan fingerprint density at radius 3 is 2.23 bits per heavy atom. The standard InChI is InChI=1S/C29H34F3N5O6S/c1-43-28(39)34-22-7-9-23(10-8-22)44(41,42)35-14-11-20(12-15-35)21-13-16-36-24(17-21)25(26(37(36)40)29(30,31)32)27(38)33-18-19-5-3-2-4-6-19/h2-10,20-21,24-26H,11-18H2,1H3,(H-,33,34,38,39)/p+1. The molecule has 2 amide bonds. The Kier molecular flexibility index (Phi) is 9.16. The molecule has 4 unspecified atom stereocenters. The molecule has 3 fully saturated rings. The van der Waals surface area contributed by atoms with Gasteiger partial charge in [0.15, 0.2) is 0 Å². The van der Waals surface area contributed by atoms with E-state index in [9.17, 15) is 36.1 Å². The number of benzene rings is 2. The second kappa shape index (κ2) is 12.7. The van der Waals surface area contributed by atoms with Crippen molar-refractivity contribution < 1.29 is 40.8 Å². The molecule has 11 nitrogen and oxygen atoms in total. The minimum atomic E-state index is -4.89. The number of rotatable bonds is 7. The van der Waals surface area contributed by atoms with Gasteiger partial charge in [-0.3, -0.25) is 10.1 Å². The van der Waals surface area contributed by atoms with Gasteiger partial charge in [-0.2, -0.15) is 17.5 Å². The molecule has 0 saturated carbocycles. The normalized spacial score (nSPS) is 24.9. The summed E-state index contributed by atoms with van der Waals surface area (Å²) in [6.07, 6.45) is -3.84. The number of halogens is 3. The molecule has 5 rings (SSSR count). The molecule has 3 heterocycles. The third kappa shape index (κ3) is 6.53. The summed E-state index contributed by atoms with van der Waals surface area (Å²) >= 11 is 0. The Bertz CT molecular complexity index is 1470. The number of nitroso groups, excluding NO2 is 1. The molecule has 2 aromatic rings. The fourth-order valence-electron chi connectivity index (χ4n) is 6.69. The van der Waals surface area contributed by atoms with Crippen molar-refractivity contribution >= 4 is 27.7 Å². The Morgan fingerprint density at radius 1 is 0.977 bits per heavy atom. The maximum absolute atomic E-state index is 14.1. The van der Waals surface area contributed by atoms with Crippen LogP contribution in [0.1, 0.15) is 31.2 Å². The SMILES string of the molecule is COC(=O)Nc1ccc(S(=O)(=O)N2CCC(C3CCN4C(C3)C(C(=O)NCc3ccccc3)C(C(F)(F)F)[N+]4=O)CC2)cc1. The van der Waals surface area contributed by atoms with E-state index in [2.05, 4.69) is 15.4 Å². The Balaban J connectivity index is 1.24. The van der Waals surface area contributed by atoms with Crippen LogP contribution in [-0.4, -0.2) is 79.6 Å². The van der Waals surface area contributed by atoms with Gasteiger partial charge in [0.1, 0.15) is 16.8 Å². The van der Waals surface area contributed by atoms with E-state index in [4.69, 9.17) is 0 Å². The first-order chi connectivity index (χ1) is 20.9. The summed E-state index contributed by atoms with van der Waals surface area (Å²) in [4.78, 5) is 37.5. The molecule has 3 aliphatic heterocycles. The van der Waals surface area contributed by atoms with Gasteiger partial charge in [0.2, 0.25) is 15.9 Å². The quantitative estimate of drug-likeness (QED) is 0.440. The van der Waals surface area contributed by atoms with Crippen LogP contribution < -0.4 is 10.6 Å². The highest BCUT2D eigenvalue weighted by molar-refractivity contribution is 7.89. The highest BCUT2D eigenvalue weighted by Gasteiger charge is 2.70. The van der Waals surface area contributed by atoms with E-state index < -0.39 is 46.2 Å². The lowest BCUT2D eigenvalue weighted by molar-refractivity contribution is -0.735. The van der Waals surface area contributed by atoms with Crippen molar-refractivity contribution in [1.82, 2.24) is 14.6 Å². The highest BCUT2D eigenvalue weighted by Crippen LogP contribution is 2.45. The van der Waals surface area contributed by atoms with Gasteiger partial charge >= 0.3 is 18.3 Å². The average molecular weight is 639 g/mol. The van der Waals surface area contributed by atoms with Crippen molar-refractivity contribution in [3.05, 3.63) is 65.1 Å². The number of piperidine rings is 2. The summed E-state index contributed by atoms with van der Waals surface area (Å²) in [5.41, 5.74) is 1.11. The minimum absolute atomic E-state index is 0.0355. The molecule has 238 valence electrons. The van der Waals surface area contributed by atoms with Gasteiger partial charge in [-0.1, -0.05) is 30.3 Å². The largest absolute Gasteiger partial charge is 0.460 e. The van der Waals surface area contributed by atoms with Gasteiger partial charge in [-0.15, -0.1) is 5.01 Å². The van der Waals surface area contributed by atoms with E-state index >= 15 is 0 Å². The molecule has 44 heavy (non-hydrogen) atoms. The van der Waals surface area contributed by atoms with Crippen molar-refractivity contribution in [3.63, 3.8) is 0 Å². The second-order valence-electron chi connectivity index (χ2n) is 11.4. The molecule has 0 radical (unpaired) electrons. The number of hydrazine groups is 1. The third-order valence-electron chi connectivity index (χ3n) is 8.94. The lowest BCUT2D eigenvalue weighted by Gasteiger charge is -2.39. The molecule has 0 aliphatic carbocycles. The van der Waals surface area contributed by atoms with Crippen LogP contribution in [0, 0.1) is 22.7 Å². The van der Waals surface area contributed by atoms with Crippen molar-refractivity contribution in [2.45, 2.75) is 55.4 Å². The summed E-state index contributed by atoms with van der Waals surface area (Å²) < 4.78 is 74.9. The molecule has 0 spiro atoms. The van der Waals surface area contributed by atoms with Crippen LogP contribution in [0.4, 0.5) is 23.7 Å². The first-order valence-corrected chi connectivity index (χ1v) is 15.9. The minimum Gasteiger partial charge on any atom is -0.453 e. The number of methoxy groups -OCH3 is 1. The monoisotopic (exact) mass is 638 g/mol. The average Bonchev–Trinajstić information content (AvgIpc) is 3.32. The number of ether oxygens (including phenoxy) is 1. The third-order valence-corrected chi connectivity index (χ3v) is 10.9. The van der Waals surface area contributed by atoms with Crippen LogP contribution >= 0.6 is 0 Å². The van der Waals surface area contributed by atoms with Crippen LogP contribution in [-0.2, 0) is 26.1 Å². The van der Waals surface area contributed by atoms with Gasteiger partial charge in [0.25, 0.3) is 0 Å². The predicted octanol–water partition coefficient (Wildman–Crippen LogP) is 3.92. The maximum atomic E-state index is 14.1. The molecular weight excluding hydrogens is 603 g/mol. The molecule has 2 aromatic carbocycles. The van der Waals surface area contributed by atoms with E-state index in [0.717, 1.165) is 10.6 Å². The fourth-order valence-corrected chi connectivity index (χ4v) is 8.16. The summed E-state index contributed by atoms with van der Waals surface area (Å²) in [5.74, 6) is -2.42. The molecule has 0 bridgehead atoms. The molecule has 15 heteroatoms. The van der Waals surface area contributed by atoms with Crippen molar-refractivity contribution in [3.8, 4) is 0 Å². The lowest BCUT2D eigenvalue weighted by Crippen LogP contribution is -2.49. The molecule has 2 N–H and O–H groups in total. The lowest BCUT2D eigenvalue weighted by atomic mass is 9.74. The number of carbonyl (C=O) groups excluding carboxylic acids is 2. The Labute approximate surface area is 253 Å². The Morgan fingerprint density at radius 2 is 1.61 bits per heavy atom. The summed E-state index contributed by atoms with van der Waals surface area (Å²) in [5, 5.41) is 6.23. The van der Waals surface area contributed by atoms with Gasteiger partial charge < -0.3 is 10.1 Å². The van der Waals surface area contributed by atoms with E-state index in [-0.39, 0.29) is 54.2 Å².